The molecule has 0 aliphatic heterocycles. The van der Waals surface area contributed by atoms with Gasteiger partial charge < -0.3 is 14.7 Å². The normalized spacial score (nSPS) is 10.2. The fraction of sp³-hybridized carbons (Fsp3) is 0.0952. The van der Waals surface area contributed by atoms with Crippen molar-refractivity contribution in [3.8, 4) is 11.1 Å². The molecule has 2 amide bonds. The fourth-order valence-electron chi connectivity index (χ4n) is 2.63. The van der Waals surface area contributed by atoms with E-state index in [-0.39, 0.29) is 24.9 Å². The van der Waals surface area contributed by atoms with E-state index in [1.807, 2.05) is 42.5 Å². The zero-order valence-electron chi connectivity index (χ0n) is 14.7. The first kappa shape index (κ1) is 18.1. The largest absolute Gasteiger partial charge is 0.363 e. The SMILES string of the molecule is C=CCN(CC(=O)Nc1ccon1)C(=O)c1ccc(-c2ccccc2)cc1. The molecule has 3 rings (SSSR count). The summed E-state index contributed by atoms with van der Waals surface area (Å²) in [5, 5.41) is 6.20. The number of rotatable bonds is 7. The second kappa shape index (κ2) is 8.62. The molecule has 0 saturated heterocycles. The Morgan fingerprint density at radius 1 is 1.04 bits per heavy atom. The van der Waals surface area contributed by atoms with Gasteiger partial charge in [-0.2, -0.15) is 0 Å². The van der Waals surface area contributed by atoms with Crippen LogP contribution in [0.1, 0.15) is 10.4 Å². The van der Waals surface area contributed by atoms with Crippen molar-refractivity contribution in [1.29, 1.82) is 0 Å². The average Bonchev–Trinajstić information content (AvgIpc) is 3.21. The molecule has 6 heteroatoms. The van der Waals surface area contributed by atoms with Crippen LogP contribution in [0.4, 0.5) is 5.82 Å². The number of hydrogen-bond donors (Lipinski definition) is 1. The fourth-order valence-corrected chi connectivity index (χ4v) is 2.63. The van der Waals surface area contributed by atoms with Crippen LogP contribution >= 0.6 is 0 Å². The van der Waals surface area contributed by atoms with Gasteiger partial charge in [-0.3, -0.25) is 9.59 Å². The van der Waals surface area contributed by atoms with Gasteiger partial charge >= 0.3 is 0 Å². The van der Waals surface area contributed by atoms with Gasteiger partial charge in [-0.1, -0.05) is 53.7 Å². The Hall–Kier alpha value is -3.67. The molecule has 2 aromatic carbocycles. The van der Waals surface area contributed by atoms with Crippen molar-refractivity contribution in [3.63, 3.8) is 0 Å². The van der Waals surface area contributed by atoms with E-state index in [0.29, 0.717) is 11.4 Å². The van der Waals surface area contributed by atoms with Crippen LogP contribution in [0.15, 0.2) is 84.1 Å². The highest BCUT2D eigenvalue weighted by Gasteiger charge is 2.18. The number of amides is 2. The maximum atomic E-state index is 12.8. The maximum absolute atomic E-state index is 12.8. The number of nitrogens with zero attached hydrogens (tertiary/aromatic N) is 2. The van der Waals surface area contributed by atoms with Gasteiger partial charge in [-0.25, -0.2) is 0 Å². The Morgan fingerprint density at radius 2 is 1.74 bits per heavy atom. The molecule has 0 aliphatic rings. The van der Waals surface area contributed by atoms with Gasteiger partial charge in [-0.15, -0.1) is 6.58 Å². The van der Waals surface area contributed by atoms with E-state index < -0.39 is 0 Å². The van der Waals surface area contributed by atoms with Crippen molar-refractivity contribution in [3.05, 3.63) is 85.1 Å². The summed E-state index contributed by atoms with van der Waals surface area (Å²) in [7, 11) is 0. The summed E-state index contributed by atoms with van der Waals surface area (Å²) in [6.45, 7) is 3.80. The number of carbonyl (C=O) groups is 2. The smallest absolute Gasteiger partial charge is 0.254 e. The molecule has 3 aromatic rings. The number of anilines is 1. The Kier molecular flexibility index (Phi) is 5.79. The molecule has 0 atom stereocenters. The van der Waals surface area contributed by atoms with Crippen molar-refractivity contribution in [1.82, 2.24) is 10.1 Å². The predicted octanol–water partition coefficient (Wildman–Crippen LogP) is 3.61. The summed E-state index contributed by atoms with van der Waals surface area (Å²) in [4.78, 5) is 26.4. The number of nitrogens with one attached hydrogen (secondary N) is 1. The van der Waals surface area contributed by atoms with Gasteiger partial charge in [-0.05, 0) is 23.3 Å². The molecular weight excluding hydrogens is 342 g/mol. The Labute approximate surface area is 157 Å². The molecule has 6 nitrogen and oxygen atoms in total. The first-order valence-corrected chi connectivity index (χ1v) is 8.43. The highest BCUT2D eigenvalue weighted by Crippen LogP contribution is 2.20. The zero-order valence-corrected chi connectivity index (χ0v) is 14.7. The molecule has 0 radical (unpaired) electrons. The summed E-state index contributed by atoms with van der Waals surface area (Å²) in [6.07, 6.45) is 2.94. The molecule has 27 heavy (non-hydrogen) atoms. The van der Waals surface area contributed by atoms with Crippen LogP contribution in [0.25, 0.3) is 11.1 Å². The standard InChI is InChI=1S/C21H19N3O3/c1-2-13-24(15-20(25)22-19-12-14-27-23-19)21(26)18-10-8-17(9-11-18)16-6-4-3-5-7-16/h2-12,14H,1,13,15H2,(H,22,23,25). The third-order valence-electron chi connectivity index (χ3n) is 3.92. The third-order valence-corrected chi connectivity index (χ3v) is 3.92. The van der Waals surface area contributed by atoms with Crippen LogP contribution in [0.2, 0.25) is 0 Å². The van der Waals surface area contributed by atoms with Crippen molar-refractivity contribution in [2.45, 2.75) is 0 Å². The van der Waals surface area contributed by atoms with Crippen molar-refractivity contribution in [2.75, 3.05) is 18.4 Å². The van der Waals surface area contributed by atoms with Crippen LogP contribution in [0.3, 0.4) is 0 Å². The monoisotopic (exact) mass is 361 g/mol. The summed E-state index contributed by atoms with van der Waals surface area (Å²) >= 11 is 0. The van der Waals surface area contributed by atoms with Crippen molar-refractivity contribution in [2.24, 2.45) is 0 Å². The van der Waals surface area contributed by atoms with E-state index in [1.165, 1.54) is 17.2 Å². The molecule has 0 fully saturated rings. The van der Waals surface area contributed by atoms with Crippen LogP contribution in [-0.4, -0.2) is 35.0 Å². The lowest BCUT2D eigenvalue weighted by atomic mass is 10.0. The summed E-state index contributed by atoms with van der Waals surface area (Å²) in [6, 6.07) is 18.7. The Morgan fingerprint density at radius 3 is 2.37 bits per heavy atom. The number of carbonyl (C=O) groups excluding carboxylic acids is 2. The van der Waals surface area contributed by atoms with E-state index in [9.17, 15) is 9.59 Å². The molecule has 1 N–H and O–H groups in total. The highest BCUT2D eigenvalue weighted by molar-refractivity contribution is 5.99. The number of hydrogen-bond acceptors (Lipinski definition) is 4. The molecule has 0 saturated carbocycles. The van der Waals surface area contributed by atoms with Crippen molar-refractivity contribution >= 4 is 17.6 Å². The Balaban J connectivity index is 1.70. The lowest BCUT2D eigenvalue weighted by molar-refractivity contribution is -0.116. The summed E-state index contributed by atoms with van der Waals surface area (Å²) < 4.78 is 4.67. The first-order chi connectivity index (χ1) is 13.2. The molecule has 0 aliphatic carbocycles. The van der Waals surface area contributed by atoms with Crippen LogP contribution in [0.5, 0.6) is 0 Å². The lowest BCUT2D eigenvalue weighted by Gasteiger charge is -2.20. The van der Waals surface area contributed by atoms with Gasteiger partial charge in [0, 0.05) is 18.2 Å². The third kappa shape index (κ3) is 4.70. The second-order valence-electron chi connectivity index (χ2n) is 5.85. The van der Waals surface area contributed by atoms with E-state index in [1.54, 1.807) is 18.2 Å². The molecule has 1 aromatic heterocycles. The average molecular weight is 361 g/mol. The van der Waals surface area contributed by atoms with Gasteiger partial charge in [0.2, 0.25) is 5.91 Å². The molecule has 136 valence electrons. The van der Waals surface area contributed by atoms with Gasteiger partial charge in [0.15, 0.2) is 5.82 Å². The molecule has 0 spiro atoms. The summed E-state index contributed by atoms with van der Waals surface area (Å²) in [5.41, 5.74) is 2.60. The maximum Gasteiger partial charge on any atom is 0.254 e. The van der Waals surface area contributed by atoms with E-state index in [0.717, 1.165) is 11.1 Å². The van der Waals surface area contributed by atoms with E-state index in [4.69, 9.17) is 0 Å². The zero-order chi connectivity index (χ0) is 19.1. The van der Waals surface area contributed by atoms with E-state index in [2.05, 4.69) is 21.6 Å². The van der Waals surface area contributed by atoms with Gasteiger partial charge in [0.05, 0.1) is 0 Å². The van der Waals surface area contributed by atoms with E-state index >= 15 is 0 Å². The minimum Gasteiger partial charge on any atom is -0.363 e. The lowest BCUT2D eigenvalue weighted by Crippen LogP contribution is -2.38. The second-order valence-corrected chi connectivity index (χ2v) is 5.85. The molecule has 0 unspecified atom stereocenters. The highest BCUT2D eigenvalue weighted by atomic mass is 16.5. The molecule has 1 heterocycles. The van der Waals surface area contributed by atoms with Crippen LogP contribution in [0, 0.1) is 0 Å². The number of benzene rings is 2. The molecule has 0 bridgehead atoms. The minimum atomic E-state index is -0.361. The first-order valence-electron chi connectivity index (χ1n) is 8.43. The summed E-state index contributed by atoms with van der Waals surface area (Å²) in [5.74, 6) is -0.303. The number of aromatic nitrogens is 1. The van der Waals surface area contributed by atoms with Crippen molar-refractivity contribution < 1.29 is 14.1 Å². The predicted molar refractivity (Wildman–Crippen MR) is 103 cm³/mol. The van der Waals surface area contributed by atoms with Crippen LogP contribution in [-0.2, 0) is 4.79 Å². The van der Waals surface area contributed by atoms with Gasteiger partial charge in [0.25, 0.3) is 5.91 Å². The topological polar surface area (TPSA) is 75.4 Å². The van der Waals surface area contributed by atoms with Gasteiger partial charge in [0.1, 0.15) is 12.8 Å². The molecular formula is C21H19N3O3. The Bertz CT molecular complexity index is 904. The van der Waals surface area contributed by atoms with Crippen LogP contribution < -0.4 is 5.32 Å². The minimum absolute atomic E-state index is 0.113. The quantitative estimate of drug-likeness (QED) is 0.652.